The van der Waals surface area contributed by atoms with E-state index in [1.165, 1.54) is 6.07 Å². The molecule has 0 bridgehead atoms. The van der Waals surface area contributed by atoms with Crippen molar-refractivity contribution in [3.05, 3.63) is 95.7 Å². The van der Waals surface area contributed by atoms with Crippen LogP contribution in [-0.4, -0.2) is 27.8 Å². The van der Waals surface area contributed by atoms with Crippen LogP contribution in [0.2, 0.25) is 0 Å². The Morgan fingerprint density at radius 1 is 1.00 bits per heavy atom. The third-order valence-electron chi connectivity index (χ3n) is 6.10. The summed E-state index contributed by atoms with van der Waals surface area (Å²) in [4.78, 5) is 29.7. The van der Waals surface area contributed by atoms with E-state index < -0.39 is 17.9 Å². The van der Waals surface area contributed by atoms with Gasteiger partial charge in [-0.15, -0.1) is 0 Å². The number of phenols is 1. The first-order chi connectivity index (χ1) is 17.1. The van der Waals surface area contributed by atoms with Crippen molar-refractivity contribution in [3.8, 4) is 16.9 Å². The molecule has 36 heavy (non-hydrogen) atoms. The molecule has 0 saturated carbocycles. The molecule has 0 aliphatic rings. The summed E-state index contributed by atoms with van der Waals surface area (Å²) in [5.74, 6) is -3.63. The number of pyridine rings is 1. The van der Waals surface area contributed by atoms with Crippen LogP contribution in [0.4, 0.5) is 8.78 Å². The van der Waals surface area contributed by atoms with E-state index in [2.05, 4.69) is 10.3 Å². The van der Waals surface area contributed by atoms with Crippen LogP contribution in [-0.2, 0) is 17.1 Å². The molecule has 184 valence electrons. The number of benzene rings is 3. The molecule has 0 aliphatic carbocycles. The summed E-state index contributed by atoms with van der Waals surface area (Å²) in [6, 6.07) is 19.3. The van der Waals surface area contributed by atoms with Crippen molar-refractivity contribution in [3.63, 3.8) is 0 Å². The highest BCUT2D eigenvalue weighted by Gasteiger charge is 2.27. The second kappa shape index (κ2) is 10.2. The predicted molar refractivity (Wildman–Crippen MR) is 135 cm³/mol. The molecule has 1 heterocycles. The summed E-state index contributed by atoms with van der Waals surface area (Å²) in [6.45, 7) is 2.42. The molecule has 4 aromatic rings. The second-order valence-electron chi connectivity index (χ2n) is 8.86. The van der Waals surface area contributed by atoms with Crippen LogP contribution in [0.25, 0.3) is 22.0 Å². The lowest BCUT2D eigenvalue weighted by atomic mass is 9.96. The highest BCUT2D eigenvalue weighted by atomic mass is 19.3. The average Bonchev–Trinajstić information content (AvgIpc) is 2.87. The molecule has 0 radical (unpaired) electrons. The molecular weight excluding hydrogens is 462 g/mol. The van der Waals surface area contributed by atoms with E-state index >= 15 is 0 Å². The minimum atomic E-state index is -3.00. The van der Waals surface area contributed by atoms with Gasteiger partial charge < -0.3 is 10.4 Å². The summed E-state index contributed by atoms with van der Waals surface area (Å²) in [5.41, 5.74) is 2.61. The third-order valence-corrected chi connectivity index (χ3v) is 6.10. The van der Waals surface area contributed by atoms with Gasteiger partial charge in [0, 0.05) is 36.1 Å². The molecule has 2 N–H and O–H groups in total. The fraction of sp³-hybridized carbons (Fsp3) is 0.207. The number of hydrogen-bond donors (Lipinski definition) is 2. The third kappa shape index (κ3) is 5.57. The first kappa shape index (κ1) is 25.0. The molecular formula is C29H26F2N2O3. The molecule has 3 aromatic carbocycles. The largest absolute Gasteiger partial charge is 0.506 e. The van der Waals surface area contributed by atoms with Gasteiger partial charge in [0.1, 0.15) is 11.3 Å². The number of phenolic OH excluding ortho intramolecular Hbond substituents is 1. The number of Topliss-reactive ketones (excluding diaryl/α,β-unsaturated/α-hetero) is 1. The van der Waals surface area contributed by atoms with Crippen LogP contribution in [0, 0.1) is 0 Å². The molecule has 7 heteroatoms. The molecule has 4 rings (SSSR count). The van der Waals surface area contributed by atoms with Crippen molar-refractivity contribution in [2.75, 3.05) is 0 Å². The number of hydrogen-bond acceptors (Lipinski definition) is 4. The Morgan fingerprint density at radius 2 is 1.78 bits per heavy atom. The number of amides is 1. The standard InChI is InChI=1S/C29H26F2N2O3/c1-18(25(34)13-12-19-7-3-4-11-24(19)29(2,30)31)33-28(36)22-9-5-8-20(15-22)23-16-21-10-6-14-32-27(21)26(35)17-23/h3-11,14-18,35H,12-13H2,1-2H3,(H,33,36). The average molecular weight is 489 g/mol. The Bertz CT molecular complexity index is 1430. The van der Waals surface area contributed by atoms with Crippen molar-refractivity contribution in [1.82, 2.24) is 10.3 Å². The molecule has 1 amide bonds. The zero-order valence-corrected chi connectivity index (χ0v) is 20.0. The maximum atomic E-state index is 13.9. The van der Waals surface area contributed by atoms with Crippen LogP contribution >= 0.6 is 0 Å². The summed E-state index contributed by atoms with van der Waals surface area (Å²) in [5, 5.41) is 13.8. The summed E-state index contributed by atoms with van der Waals surface area (Å²) < 4.78 is 27.7. The fourth-order valence-corrected chi connectivity index (χ4v) is 4.18. The highest BCUT2D eigenvalue weighted by Crippen LogP contribution is 2.31. The lowest BCUT2D eigenvalue weighted by Crippen LogP contribution is -2.38. The van der Waals surface area contributed by atoms with Crippen LogP contribution < -0.4 is 5.32 Å². The SMILES string of the molecule is CC(NC(=O)c1cccc(-c2cc(O)c3ncccc3c2)c1)C(=O)CCc1ccccc1C(C)(F)F. The Balaban J connectivity index is 1.44. The summed E-state index contributed by atoms with van der Waals surface area (Å²) in [6.07, 6.45) is 1.79. The number of aryl methyl sites for hydroxylation is 1. The number of alkyl halides is 2. The lowest BCUT2D eigenvalue weighted by molar-refractivity contribution is -0.120. The lowest BCUT2D eigenvalue weighted by Gasteiger charge is -2.17. The monoisotopic (exact) mass is 488 g/mol. The zero-order chi connectivity index (χ0) is 25.9. The highest BCUT2D eigenvalue weighted by molar-refractivity contribution is 5.99. The number of aromatic nitrogens is 1. The van der Waals surface area contributed by atoms with Gasteiger partial charge in [-0.1, -0.05) is 42.5 Å². The van der Waals surface area contributed by atoms with E-state index in [4.69, 9.17) is 0 Å². The van der Waals surface area contributed by atoms with Crippen LogP contribution in [0.1, 0.15) is 41.8 Å². The van der Waals surface area contributed by atoms with Crippen molar-refractivity contribution in [1.29, 1.82) is 0 Å². The van der Waals surface area contributed by atoms with E-state index in [1.54, 1.807) is 61.7 Å². The van der Waals surface area contributed by atoms with Gasteiger partial charge in [-0.05, 0) is 60.4 Å². The van der Waals surface area contributed by atoms with E-state index in [1.807, 2.05) is 18.2 Å². The maximum absolute atomic E-state index is 13.9. The Kier molecular flexibility index (Phi) is 7.10. The van der Waals surface area contributed by atoms with Crippen molar-refractivity contribution in [2.24, 2.45) is 0 Å². The van der Waals surface area contributed by atoms with E-state index in [9.17, 15) is 23.5 Å². The topological polar surface area (TPSA) is 79.3 Å². The molecule has 0 spiro atoms. The molecule has 5 nitrogen and oxygen atoms in total. The Labute approximate surface area is 207 Å². The van der Waals surface area contributed by atoms with Gasteiger partial charge in [0.25, 0.3) is 11.8 Å². The molecule has 0 saturated heterocycles. The molecule has 1 atom stereocenters. The Hall–Kier alpha value is -4.13. The van der Waals surface area contributed by atoms with E-state index in [-0.39, 0.29) is 29.9 Å². The van der Waals surface area contributed by atoms with Gasteiger partial charge >= 0.3 is 0 Å². The molecule has 1 aromatic heterocycles. The summed E-state index contributed by atoms with van der Waals surface area (Å²) in [7, 11) is 0. The normalized spacial score (nSPS) is 12.3. The van der Waals surface area contributed by atoms with Crippen molar-refractivity contribution in [2.45, 2.75) is 38.7 Å². The van der Waals surface area contributed by atoms with Crippen molar-refractivity contribution < 1.29 is 23.5 Å². The van der Waals surface area contributed by atoms with Crippen LogP contribution in [0.15, 0.2) is 79.0 Å². The van der Waals surface area contributed by atoms with Gasteiger partial charge in [-0.3, -0.25) is 14.6 Å². The Morgan fingerprint density at radius 3 is 2.56 bits per heavy atom. The minimum Gasteiger partial charge on any atom is -0.506 e. The number of nitrogens with one attached hydrogen (secondary N) is 1. The van der Waals surface area contributed by atoms with Crippen molar-refractivity contribution >= 4 is 22.6 Å². The second-order valence-corrected chi connectivity index (χ2v) is 8.86. The van der Waals surface area contributed by atoms with E-state index in [0.29, 0.717) is 16.6 Å². The first-order valence-corrected chi connectivity index (χ1v) is 11.6. The summed E-state index contributed by atoms with van der Waals surface area (Å²) >= 11 is 0. The first-order valence-electron chi connectivity index (χ1n) is 11.6. The zero-order valence-electron chi connectivity index (χ0n) is 20.0. The number of rotatable bonds is 8. The molecule has 0 fully saturated rings. The number of nitrogens with zero attached hydrogens (tertiary/aromatic N) is 1. The van der Waals surface area contributed by atoms with Crippen LogP contribution in [0.5, 0.6) is 5.75 Å². The number of carbonyl (C=O) groups is 2. The van der Waals surface area contributed by atoms with E-state index in [0.717, 1.165) is 23.4 Å². The van der Waals surface area contributed by atoms with Gasteiger partial charge in [-0.2, -0.15) is 0 Å². The quantitative estimate of drug-likeness (QED) is 0.317. The number of halogens is 2. The van der Waals surface area contributed by atoms with Gasteiger partial charge in [-0.25, -0.2) is 8.78 Å². The fourth-order valence-electron chi connectivity index (χ4n) is 4.18. The van der Waals surface area contributed by atoms with Gasteiger partial charge in [0.2, 0.25) is 0 Å². The molecule has 1 unspecified atom stereocenters. The maximum Gasteiger partial charge on any atom is 0.270 e. The minimum absolute atomic E-state index is 0.0268. The van der Waals surface area contributed by atoms with Gasteiger partial charge in [0.05, 0.1) is 6.04 Å². The van der Waals surface area contributed by atoms with Crippen LogP contribution in [0.3, 0.4) is 0 Å². The molecule has 0 aliphatic heterocycles. The number of ketones is 1. The number of aromatic hydroxyl groups is 1. The van der Waals surface area contributed by atoms with Gasteiger partial charge in [0.15, 0.2) is 5.78 Å². The predicted octanol–water partition coefficient (Wildman–Crippen LogP) is 6.04. The smallest absolute Gasteiger partial charge is 0.270 e. The number of fused-ring (bicyclic) bond motifs is 1. The number of carbonyl (C=O) groups excluding carboxylic acids is 2.